The molecule has 4 N–H and O–H groups in total. The summed E-state index contributed by atoms with van der Waals surface area (Å²) in [7, 11) is 0. The number of carbonyl (C=O) groups is 3. The van der Waals surface area contributed by atoms with Crippen LogP contribution in [0.4, 0.5) is 0 Å². The van der Waals surface area contributed by atoms with E-state index in [0.717, 1.165) is 33.1 Å². The fourth-order valence-electron chi connectivity index (χ4n) is 4.51. The summed E-state index contributed by atoms with van der Waals surface area (Å²) >= 11 is 0. The molecule has 0 radical (unpaired) electrons. The zero-order valence-electron chi connectivity index (χ0n) is 24.2. The van der Waals surface area contributed by atoms with E-state index in [0.29, 0.717) is 6.42 Å². The molecule has 0 spiro atoms. The van der Waals surface area contributed by atoms with E-state index in [2.05, 4.69) is 6.92 Å². The van der Waals surface area contributed by atoms with Gasteiger partial charge in [-0.05, 0) is 6.42 Å². The molecular formula is C28H50O12. The number of ether oxygens (including phenoxy) is 5. The number of aliphatic hydroxyl groups is 4. The average molecular weight is 579 g/mol. The summed E-state index contributed by atoms with van der Waals surface area (Å²) in [5, 5.41) is 38.5. The summed E-state index contributed by atoms with van der Waals surface area (Å²) in [6, 6.07) is 0. The molecule has 0 aliphatic carbocycles. The Hall–Kier alpha value is -1.83. The molecule has 1 aliphatic heterocycles. The molecule has 0 aromatic heterocycles. The van der Waals surface area contributed by atoms with Crippen molar-refractivity contribution in [1.82, 2.24) is 0 Å². The predicted molar refractivity (Wildman–Crippen MR) is 143 cm³/mol. The average Bonchev–Trinajstić information content (AvgIpc) is 2.91. The Labute approximate surface area is 237 Å². The molecule has 1 heterocycles. The maximum Gasteiger partial charge on any atom is 0.306 e. The lowest BCUT2D eigenvalue weighted by molar-refractivity contribution is -0.312. The maximum absolute atomic E-state index is 12.8. The Morgan fingerprint density at radius 3 is 1.75 bits per heavy atom. The van der Waals surface area contributed by atoms with Crippen molar-refractivity contribution in [3.05, 3.63) is 0 Å². The molecular weight excluding hydrogens is 528 g/mol. The SMILES string of the molecule is CCCCCCCCCCCCCC(=O)O[C@@H]1[C@H](OC(C)=O)[C@H](OC[C@@H](O)[C@@H](O)CO)O[C@H](CO)[C@H]1OC(C)=O. The number of esters is 3. The lowest BCUT2D eigenvalue weighted by atomic mass is 9.98. The minimum absolute atomic E-state index is 0.0880. The van der Waals surface area contributed by atoms with Crippen LogP contribution >= 0.6 is 0 Å². The summed E-state index contributed by atoms with van der Waals surface area (Å²) < 4.78 is 27.4. The molecule has 1 saturated heterocycles. The first-order chi connectivity index (χ1) is 19.1. The summed E-state index contributed by atoms with van der Waals surface area (Å²) in [4.78, 5) is 36.5. The van der Waals surface area contributed by atoms with Crippen molar-refractivity contribution < 1.29 is 58.5 Å². The Morgan fingerprint density at radius 1 is 0.725 bits per heavy atom. The molecule has 1 rings (SSSR count). The van der Waals surface area contributed by atoms with Gasteiger partial charge < -0.3 is 44.1 Å². The molecule has 0 unspecified atom stereocenters. The van der Waals surface area contributed by atoms with Gasteiger partial charge in [-0.3, -0.25) is 14.4 Å². The maximum atomic E-state index is 12.8. The van der Waals surface area contributed by atoms with Crippen molar-refractivity contribution in [2.45, 2.75) is 141 Å². The molecule has 40 heavy (non-hydrogen) atoms. The highest BCUT2D eigenvalue weighted by atomic mass is 16.7. The molecule has 1 fully saturated rings. The molecule has 7 atom stereocenters. The highest BCUT2D eigenvalue weighted by Gasteiger charge is 2.52. The topological polar surface area (TPSA) is 178 Å². The predicted octanol–water partition coefficient (Wildman–Crippen LogP) is 1.91. The fraction of sp³-hybridized carbons (Fsp3) is 0.893. The summed E-state index contributed by atoms with van der Waals surface area (Å²) in [5.41, 5.74) is 0. The van der Waals surface area contributed by atoms with Crippen molar-refractivity contribution >= 4 is 17.9 Å². The fourth-order valence-corrected chi connectivity index (χ4v) is 4.51. The first-order valence-electron chi connectivity index (χ1n) is 14.5. The molecule has 0 aromatic carbocycles. The quantitative estimate of drug-likeness (QED) is 0.0885. The van der Waals surface area contributed by atoms with Crippen LogP contribution in [0.25, 0.3) is 0 Å². The molecule has 0 saturated carbocycles. The molecule has 0 bridgehead atoms. The molecule has 0 amide bonds. The monoisotopic (exact) mass is 578 g/mol. The van der Waals surface area contributed by atoms with E-state index in [9.17, 15) is 29.7 Å². The Balaban J connectivity index is 2.77. The van der Waals surface area contributed by atoms with Crippen LogP contribution in [-0.4, -0.2) is 101 Å². The van der Waals surface area contributed by atoms with Crippen LogP contribution in [0.1, 0.15) is 97.8 Å². The third kappa shape index (κ3) is 14.2. The molecule has 12 heteroatoms. The molecule has 1 aliphatic rings. The molecule has 0 aromatic rings. The van der Waals surface area contributed by atoms with Gasteiger partial charge in [-0.15, -0.1) is 0 Å². The number of hydrogen-bond donors (Lipinski definition) is 4. The first-order valence-corrected chi connectivity index (χ1v) is 14.5. The van der Waals surface area contributed by atoms with Crippen LogP contribution in [0.5, 0.6) is 0 Å². The lowest BCUT2D eigenvalue weighted by Crippen LogP contribution is -2.63. The third-order valence-corrected chi connectivity index (χ3v) is 6.69. The van der Waals surface area contributed by atoms with Gasteiger partial charge in [-0.2, -0.15) is 0 Å². The summed E-state index contributed by atoms with van der Waals surface area (Å²) in [6.45, 7) is 2.53. The van der Waals surface area contributed by atoms with Gasteiger partial charge in [0.15, 0.2) is 24.6 Å². The van der Waals surface area contributed by atoms with E-state index in [1.54, 1.807) is 0 Å². The highest BCUT2D eigenvalue weighted by molar-refractivity contribution is 5.70. The Morgan fingerprint density at radius 2 is 1.25 bits per heavy atom. The second kappa shape index (κ2) is 21.0. The van der Waals surface area contributed by atoms with Crippen molar-refractivity contribution in [2.24, 2.45) is 0 Å². The Bertz CT molecular complexity index is 717. The molecule has 12 nitrogen and oxygen atoms in total. The smallest absolute Gasteiger partial charge is 0.306 e. The molecule has 234 valence electrons. The zero-order valence-corrected chi connectivity index (χ0v) is 24.2. The van der Waals surface area contributed by atoms with Crippen molar-refractivity contribution in [3.8, 4) is 0 Å². The van der Waals surface area contributed by atoms with Gasteiger partial charge in [0.05, 0.1) is 19.8 Å². The van der Waals surface area contributed by atoms with E-state index in [1.165, 1.54) is 44.9 Å². The van der Waals surface area contributed by atoms with Crippen LogP contribution in [-0.2, 0) is 38.1 Å². The van der Waals surface area contributed by atoms with Crippen molar-refractivity contribution in [1.29, 1.82) is 0 Å². The number of unbranched alkanes of at least 4 members (excludes halogenated alkanes) is 10. The van der Waals surface area contributed by atoms with Crippen molar-refractivity contribution in [2.75, 3.05) is 19.8 Å². The highest BCUT2D eigenvalue weighted by Crippen LogP contribution is 2.30. The third-order valence-electron chi connectivity index (χ3n) is 6.69. The van der Waals surface area contributed by atoms with Gasteiger partial charge in [0, 0.05) is 20.3 Å². The summed E-state index contributed by atoms with van der Waals surface area (Å²) in [6.07, 6.45) is 2.60. The lowest BCUT2D eigenvalue weighted by Gasteiger charge is -2.44. The zero-order chi connectivity index (χ0) is 29.9. The van der Waals surface area contributed by atoms with Gasteiger partial charge in [-0.25, -0.2) is 0 Å². The second-order valence-electron chi connectivity index (χ2n) is 10.3. The number of rotatable bonds is 21. The number of hydrogen-bond acceptors (Lipinski definition) is 12. The second-order valence-corrected chi connectivity index (χ2v) is 10.3. The van der Waals surface area contributed by atoms with Gasteiger partial charge in [0.25, 0.3) is 0 Å². The van der Waals surface area contributed by atoms with Crippen LogP contribution in [0.2, 0.25) is 0 Å². The van der Waals surface area contributed by atoms with E-state index < -0.39 is 80.6 Å². The first kappa shape index (κ1) is 36.2. The number of carbonyl (C=O) groups excluding carboxylic acids is 3. The summed E-state index contributed by atoms with van der Waals surface area (Å²) in [5.74, 6) is -2.11. The van der Waals surface area contributed by atoms with Crippen LogP contribution < -0.4 is 0 Å². The standard InChI is InChI=1S/C28H50O12/c1-4-5-6-7-8-9-10-11-12-13-14-15-24(35)40-26-25(37-19(2)31)23(17-30)39-28(27(26)38-20(3)32)36-18-22(34)21(33)16-29/h21-23,25-30,33-34H,4-18H2,1-3H3/t21-,22+,23+,25+,26-,27-,28+/m0/s1. The van der Waals surface area contributed by atoms with E-state index in [1.807, 2.05) is 0 Å². The normalized spacial score (nSPS) is 24.2. The van der Waals surface area contributed by atoms with Crippen LogP contribution in [0, 0.1) is 0 Å². The van der Waals surface area contributed by atoms with Gasteiger partial charge >= 0.3 is 17.9 Å². The van der Waals surface area contributed by atoms with E-state index in [-0.39, 0.29) is 6.42 Å². The minimum atomic E-state index is -1.51. The van der Waals surface area contributed by atoms with Crippen LogP contribution in [0.3, 0.4) is 0 Å². The van der Waals surface area contributed by atoms with E-state index in [4.69, 9.17) is 28.8 Å². The van der Waals surface area contributed by atoms with Crippen molar-refractivity contribution in [3.63, 3.8) is 0 Å². The minimum Gasteiger partial charge on any atom is -0.456 e. The van der Waals surface area contributed by atoms with E-state index >= 15 is 0 Å². The Kier molecular flexibility index (Phi) is 19.0. The largest absolute Gasteiger partial charge is 0.456 e. The van der Waals surface area contributed by atoms with Crippen LogP contribution in [0.15, 0.2) is 0 Å². The van der Waals surface area contributed by atoms with Gasteiger partial charge in [-0.1, -0.05) is 71.1 Å². The van der Waals surface area contributed by atoms with Gasteiger partial charge in [0.2, 0.25) is 0 Å². The number of aliphatic hydroxyl groups excluding tert-OH is 4. The van der Waals surface area contributed by atoms with Gasteiger partial charge in [0.1, 0.15) is 18.3 Å².